The number of thioether (sulfide) groups is 1. The van der Waals surface area contributed by atoms with Crippen molar-refractivity contribution < 1.29 is 14.4 Å². The molecule has 2 fully saturated rings. The first kappa shape index (κ1) is 14.6. The molecular formula is C14H13BrN2O3S. The molecule has 0 saturated carbocycles. The molecule has 2 saturated heterocycles. The molecule has 3 rings (SSSR count). The highest BCUT2D eigenvalue weighted by Crippen LogP contribution is 2.27. The van der Waals surface area contributed by atoms with Crippen LogP contribution in [-0.4, -0.2) is 51.7 Å². The van der Waals surface area contributed by atoms with Crippen LogP contribution >= 0.6 is 27.7 Å². The van der Waals surface area contributed by atoms with Gasteiger partial charge in [-0.2, -0.15) is 0 Å². The molecule has 5 nitrogen and oxygen atoms in total. The van der Waals surface area contributed by atoms with E-state index in [4.69, 9.17) is 0 Å². The van der Waals surface area contributed by atoms with Gasteiger partial charge in [0.2, 0.25) is 5.91 Å². The zero-order chi connectivity index (χ0) is 15.0. The van der Waals surface area contributed by atoms with Crippen LogP contribution in [-0.2, 0) is 4.79 Å². The number of amides is 3. The second-order valence-corrected chi connectivity index (χ2v) is 6.86. The summed E-state index contributed by atoms with van der Waals surface area (Å²) in [5.74, 6) is 0.00634. The summed E-state index contributed by atoms with van der Waals surface area (Å²) in [4.78, 5) is 38.9. The van der Waals surface area contributed by atoms with Gasteiger partial charge in [-0.3, -0.25) is 19.3 Å². The number of likely N-dealkylation sites (tertiary alicyclic amines) is 1. The third-order valence-corrected chi connectivity index (χ3v) is 5.00. The van der Waals surface area contributed by atoms with Crippen molar-refractivity contribution in [3.05, 3.63) is 34.3 Å². The summed E-state index contributed by atoms with van der Waals surface area (Å²) in [7, 11) is 0. The number of carbonyl (C=O) groups excluding carboxylic acids is 3. The summed E-state index contributed by atoms with van der Waals surface area (Å²) >= 11 is 4.39. The Balaban J connectivity index is 1.71. The number of hydrogen-bond acceptors (Lipinski definition) is 4. The van der Waals surface area contributed by atoms with Gasteiger partial charge in [0.15, 0.2) is 0 Å². The van der Waals surface area contributed by atoms with Crippen molar-refractivity contribution in [1.29, 1.82) is 0 Å². The first-order valence-electron chi connectivity index (χ1n) is 6.60. The molecule has 110 valence electrons. The number of nitrogens with zero attached hydrogens (tertiary/aromatic N) is 2. The first-order chi connectivity index (χ1) is 10.1. The standard InChI is InChI=1S/C14H13BrN2O3S/c15-10-3-1-2-9(6-10)13(19)16-5-4-11(7-16)17-12(18)8-21-14(17)20/h1-3,6,11H,4-5,7-8H2. The van der Waals surface area contributed by atoms with Crippen molar-refractivity contribution in [3.63, 3.8) is 0 Å². The molecule has 0 aliphatic carbocycles. The molecule has 0 radical (unpaired) electrons. The lowest BCUT2D eigenvalue weighted by atomic mass is 10.2. The Hall–Kier alpha value is -1.34. The Kier molecular flexibility index (Phi) is 4.03. The summed E-state index contributed by atoms with van der Waals surface area (Å²) in [6.45, 7) is 0.987. The summed E-state index contributed by atoms with van der Waals surface area (Å²) in [5.41, 5.74) is 0.610. The monoisotopic (exact) mass is 368 g/mol. The predicted octanol–water partition coefficient (Wildman–Crippen LogP) is 2.36. The van der Waals surface area contributed by atoms with Crippen LogP contribution in [0, 0.1) is 0 Å². The van der Waals surface area contributed by atoms with E-state index in [1.165, 1.54) is 4.90 Å². The molecule has 7 heteroatoms. The molecule has 0 spiro atoms. The largest absolute Gasteiger partial charge is 0.336 e. The Morgan fingerprint density at radius 3 is 2.81 bits per heavy atom. The lowest BCUT2D eigenvalue weighted by Gasteiger charge is -2.22. The van der Waals surface area contributed by atoms with Gasteiger partial charge in [0.1, 0.15) is 0 Å². The number of carbonyl (C=O) groups is 3. The van der Waals surface area contributed by atoms with Gasteiger partial charge in [-0.05, 0) is 24.6 Å². The normalized spacial score (nSPS) is 22.2. The highest BCUT2D eigenvalue weighted by atomic mass is 79.9. The maximum absolute atomic E-state index is 12.4. The Morgan fingerprint density at radius 2 is 2.14 bits per heavy atom. The van der Waals surface area contributed by atoms with Crippen LogP contribution < -0.4 is 0 Å². The summed E-state index contributed by atoms with van der Waals surface area (Å²) in [5, 5.41) is -0.193. The smallest absolute Gasteiger partial charge is 0.289 e. The second kappa shape index (κ2) is 5.81. The molecular weight excluding hydrogens is 356 g/mol. The average molecular weight is 369 g/mol. The van der Waals surface area contributed by atoms with E-state index >= 15 is 0 Å². The van der Waals surface area contributed by atoms with Gasteiger partial charge in [0.05, 0.1) is 11.8 Å². The number of benzene rings is 1. The quantitative estimate of drug-likeness (QED) is 0.803. The zero-order valence-corrected chi connectivity index (χ0v) is 13.5. The SMILES string of the molecule is O=C(c1cccc(Br)c1)N1CCC(N2C(=O)CSC2=O)C1. The Labute approximate surface area is 134 Å². The first-order valence-corrected chi connectivity index (χ1v) is 8.38. The van der Waals surface area contributed by atoms with Crippen LogP contribution in [0.2, 0.25) is 0 Å². The maximum atomic E-state index is 12.4. The van der Waals surface area contributed by atoms with Crippen LogP contribution in [0.25, 0.3) is 0 Å². The van der Waals surface area contributed by atoms with Crippen LogP contribution in [0.15, 0.2) is 28.7 Å². The van der Waals surface area contributed by atoms with E-state index in [0.717, 1.165) is 16.2 Å². The fourth-order valence-corrected chi connectivity index (χ4v) is 3.83. The molecule has 1 aromatic carbocycles. The average Bonchev–Trinajstić information content (AvgIpc) is 3.05. The van der Waals surface area contributed by atoms with E-state index < -0.39 is 0 Å². The van der Waals surface area contributed by atoms with Crippen LogP contribution in [0.1, 0.15) is 16.8 Å². The lowest BCUT2D eigenvalue weighted by Crippen LogP contribution is -2.41. The van der Waals surface area contributed by atoms with E-state index in [9.17, 15) is 14.4 Å². The minimum absolute atomic E-state index is 0.0643. The summed E-state index contributed by atoms with van der Waals surface area (Å²) < 4.78 is 0.852. The van der Waals surface area contributed by atoms with Crippen LogP contribution in [0.4, 0.5) is 4.79 Å². The van der Waals surface area contributed by atoms with Gasteiger partial charge in [-0.25, -0.2) is 0 Å². The van der Waals surface area contributed by atoms with Gasteiger partial charge in [-0.15, -0.1) is 0 Å². The maximum Gasteiger partial charge on any atom is 0.289 e. The molecule has 2 aliphatic rings. The van der Waals surface area contributed by atoms with Crippen molar-refractivity contribution in [2.45, 2.75) is 12.5 Å². The fourth-order valence-electron chi connectivity index (χ4n) is 2.66. The Bertz CT molecular complexity index is 606. The molecule has 21 heavy (non-hydrogen) atoms. The third-order valence-electron chi connectivity index (χ3n) is 3.67. The molecule has 1 unspecified atom stereocenters. The minimum Gasteiger partial charge on any atom is -0.336 e. The van der Waals surface area contributed by atoms with Crippen molar-refractivity contribution in [2.24, 2.45) is 0 Å². The lowest BCUT2D eigenvalue weighted by molar-refractivity contribution is -0.126. The predicted molar refractivity (Wildman–Crippen MR) is 83.2 cm³/mol. The van der Waals surface area contributed by atoms with E-state index in [-0.39, 0.29) is 28.8 Å². The Morgan fingerprint density at radius 1 is 1.33 bits per heavy atom. The summed E-state index contributed by atoms with van der Waals surface area (Å²) in [6.07, 6.45) is 0.651. The minimum atomic E-state index is -0.193. The highest BCUT2D eigenvalue weighted by Gasteiger charge is 2.40. The van der Waals surface area contributed by atoms with Gasteiger partial charge >= 0.3 is 0 Å². The molecule has 2 aliphatic heterocycles. The molecule has 0 N–H and O–H groups in total. The van der Waals surface area contributed by atoms with Gasteiger partial charge in [0.25, 0.3) is 11.1 Å². The molecule has 1 atom stereocenters. The molecule has 0 bridgehead atoms. The zero-order valence-electron chi connectivity index (χ0n) is 11.1. The number of hydrogen-bond donors (Lipinski definition) is 0. The van der Waals surface area contributed by atoms with Crippen molar-refractivity contribution in [2.75, 3.05) is 18.8 Å². The van der Waals surface area contributed by atoms with Crippen LogP contribution in [0.5, 0.6) is 0 Å². The highest BCUT2D eigenvalue weighted by molar-refractivity contribution is 9.10. The number of halogens is 1. The van der Waals surface area contributed by atoms with E-state index in [0.29, 0.717) is 25.1 Å². The fraction of sp³-hybridized carbons (Fsp3) is 0.357. The summed E-state index contributed by atoms with van der Waals surface area (Å²) in [6, 6.07) is 7.04. The van der Waals surface area contributed by atoms with E-state index in [2.05, 4.69) is 15.9 Å². The second-order valence-electron chi connectivity index (χ2n) is 5.02. The molecule has 2 heterocycles. The topological polar surface area (TPSA) is 57.7 Å². The van der Waals surface area contributed by atoms with Gasteiger partial charge < -0.3 is 4.90 Å². The van der Waals surface area contributed by atoms with Gasteiger partial charge in [-0.1, -0.05) is 33.8 Å². The van der Waals surface area contributed by atoms with Gasteiger partial charge in [0, 0.05) is 23.1 Å². The number of imide groups is 1. The number of rotatable bonds is 2. The van der Waals surface area contributed by atoms with Crippen molar-refractivity contribution in [1.82, 2.24) is 9.80 Å². The van der Waals surface area contributed by atoms with E-state index in [1.54, 1.807) is 17.0 Å². The van der Waals surface area contributed by atoms with Crippen LogP contribution in [0.3, 0.4) is 0 Å². The van der Waals surface area contributed by atoms with Crippen molar-refractivity contribution in [3.8, 4) is 0 Å². The van der Waals surface area contributed by atoms with Crippen molar-refractivity contribution >= 4 is 44.7 Å². The molecule has 0 aromatic heterocycles. The third kappa shape index (κ3) is 2.85. The molecule has 1 aromatic rings. The van der Waals surface area contributed by atoms with E-state index in [1.807, 2.05) is 12.1 Å². The molecule has 3 amide bonds.